The van der Waals surface area contributed by atoms with Gasteiger partial charge in [0.15, 0.2) is 0 Å². The number of likely N-dealkylation sites (tertiary alicyclic amines) is 1. The van der Waals surface area contributed by atoms with Crippen molar-refractivity contribution in [2.75, 3.05) is 25.0 Å². The number of rotatable bonds is 4. The van der Waals surface area contributed by atoms with E-state index in [0.717, 1.165) is 5.56 Å². The van der Waals surface area contributed by atoms with Crippen molar-refractivity contribution in [3.05, 3.63) is 29.3 Å². The highest BCUT2D eigenvalue weighted by atomic mass is 19.1. The van der Waals surface area contributed by atoms with Crippen molar-refractivity contribution in [1.29, 1.82) is 0 Å². The average molecular weight is 362 g/mol. The Labute approximate surface area is 151 Å². The predicted octanol–water partition coefficient (Wildman–Crippen LogP) is 0.589. The minimum absolute atomic E-state index is 0.103. The normalized spacial score (nSPS) is 19.5. The van der Waals surface area contributed by atoms with Crippen molar-refractivity contribution in [3.8, 4) is 0 Å². The molecule has 7 nitrogen and oxygen atoms in total. The lowest BCUT2D eigenvalue weighted by Gasteiger charge is -2.37. The van der Waals surface area contributed by atoms with Gasteiger partial charge in [0, 0.05) is 37.2 Å². The van der Waals surface area contributed by atoms with Crippen LogP contribution in [0.3, 0.4) is 0 Å². The molecule has 2 aliphatic rings. The maximum absolute atomic E-state index is 14.9. The number of halogens is 1. The molecule has 0 radical (unpaired) electrons. The van der Waals surface area contributed by atoms with E-state index in [-0.39, 0.29) is 43.5 Å². The molecule has 2 heterocycles. The van der Waals surface area contributed by atoms with Gasteiger partial charge in [-0.15, -0.1) is 0 Å². The van der Waals surface area contributed by atoms with E-state index in [4.69, 9.17) is 5.73 Å². The SMILES string of the molecule is C[C@H](N)C(=O)N1CCC(F)(CNC(=O)c2ccc3c(c2)CC(=O)N3)CC1. The van der Waals surface area contributed by atoms with Gasteiger partial charge in [-0.05, 0) is 30.7 Å². The fourth-order valence-corrected chi connectivity index (χ4v) is 3.30. The molecule has 1 fully saturated rings. The molecule has 0 aliphatic carbocycles. The summed E-state index contributed by atoms with van der Waals surface area (Å²) in [6, 6.07) is 4.34. The number of amides is 3. The molecule has 1 atom stereocenters. The number of benzene rings is 1. The zero-order valence-electron chi connectivity index (χ0n) is 14.7. The van der Waals surface area contributed by atoms with Crippen LogP contribution in [0.2, 0.25) is 0 Å². The van der Waals surface area contributed by atoms with Crippen LogP contribution in [-0.4, -0.2) is 54.0 Å². The van der Waals surface area contributed by atoms with Gasteiger partial charge < -0.3 is 21.3 Å². The molecule has 1 aromatic carbocycles. The fourth-order valence-electron chi connectivity index (χ4n) is 3.30. The number of anilines is 1. The van der Waals surface area contributed by atoms with E-state index in [9.17, 15) is 18.8 Å². The summed E-state index contributed by atoms with van der Waals surface area (Å²) in [6.45, 7) is 2.08. The van der Waals surface area contributed by atoms with Crippen LogP contribution >= 0.6 is 0 Å². The van der Waals surface area contributed by atoms with E-state index in [1.165, 1.54) is 0 Å². The van der Waals surface area contributed by atoms with Crippen molar-refractivity contribution < 1.29 is 18.8 Å². The number of alkyl halides is 1. The second-order valence-electron chi connectivity index (χ2n) is 7.04. The highest BCUT2D eigenvalue weighted by Gasteiger charge is 2.36. The average Bonchev–Trinajstić information content (AvgIpc) is 2.99. The molecule has 2 aliphatic heterocycles. The summed E-state index contributed by atoms with van der Waals surface area (Å²) >= 11 is 0. The van der Waals surface area contributed by atoms with Crippen LogP contribution < -0.4 is 16.4 Å². The van der Waals surface area contributed by atoms with E-state index in [1.807, 2.05) is 0 Å². The molecule has 3 amide bonds. The second-order valence-corrected chi connectivity index (χ2v) is 7.04. The van der Waals surface area contributed by atoms with Crippen LogP contribution in [0.4, 0.5) is 10.1 Å². The van der Waals surface area contributed by atoms with Crippen molar-refractivity contribution >= 4 is 23.4 Å². The number of fused-ring (bicyclic) bond motifs is 1. The number of nitrogens with two attached hydrogens (primary N) is 1. The van der Waals surface area contributed by atoms with Gasteiger partial charge in [0.2, 0.25) is 11.8 Å². The molecule has 3 rings (SSSR count). The number of nitrogens with one attached hydrogen (secondary N) is 2. The molecule has 1 saturated heterocycles. The van der Waals surface area contributed by atoms with Gasteiger partial charge in [0.25, 0.3) is 5.91 Å². The topological polar surface area (TPSA) is 105 Å². The zero-order valence-corrected chi connectivity index (χ0v) is 14.7. The Balaban J connectivity index is 1.54. The van der Waals surface area contributed by atoms with Crippen LogP contribution in [0.15, 0.2) is 18.2 Å². The first-order valence-electron chi connectivity index (χ1n) is 8.72. The predicted molar refractivity (Wildman–Crippen MR) is 94.4 cm³/mol. The van der Waals surface area contributed by atoms with Crippen LogP contribution in [-0.2, 0) is 16.0 Å². The van der Waals surface area contributed by atoms with E-state index in [1.54, 1.807) is 30.0 Å². The van der Waals surface area contributed by atoms with Crippen LogP contribution in [0, 0.1) is 0 Å². The lowest BCUT2D eigenvalue weighted by atomic mass is 9.92. The standard InChI is InChI=1S/C18H23FN4O3/c1-11(20)17(26)23-6-4-18(19,5-7-23)10-21-16(25)12-2-3-14-13(8-12)9-15(24)22-14/h2-3,8,11H,4-7,9-10,20H2,1H3,(H,21,25)(H,22,24)/t11-/m0/s1. The molecule has 140 valence electrons. The number of carbonyl (C=O) groups is 3. The summed E-state index contributed by atoms with van der Waals surface area (Å²) in [5, 5.41) is 5.33. The number of piperidine rings is 1. The van der Waals surface area contributed by atoms with E-state index in [2.05, 4.69) is 10.6 Å². The monoisotopic (exact) mass is 362 g/mol. The summed E-state index contributed by atoms with van der Waals surface area (Å²) in [5.74, 6) is -0.663. The van der Waals surface area contributed by atoms with Gasteiger partial charge in [-0.25, -0.2) is 4.39 Å². The van der Waals surface area contributed by atoms with Gasteiger partial charge in [-0.3, -0.25) is 14.4 Å². The Bertz CT molecular complexity index is 742. The summed E-state index contributed by atoms with van der Waals surface area (Å²) in [7, 11) is 0. The van der Waals surface area contributed by atoms with Gasteiger partial charge in [0.05, 0.1) is 19.0 Å². The Morgan fingerprint density at radius 2 is 2.08 bits per heavy atom. The largest absolute Gasteiger partial charge is 0.349 e. The molecule has 0 aromatic heterocycles. The molecule has 0 bridgehead atoms. The van der Waals surface area contributed by atoms with Crippen LogP contribution in [0.25, 0.3) is 0 Å². The first kappa shape index (κ1) is 18.3. The second kappa shape index (κ2) is 7.03. The van der Waals surface area contributed by atoms with Gasteiger partial charge in [-0.1, -0.05) is 0 Å². The smallest absolute Gasteiger partial charge is 0.251 e. The number of hydrogen-bond acceptors (Lipinski definition) is 4. The maximum atomic E-state index is 14.9. The minimum Gasteiger partial charge on any atom is -0.349 e. The minimum atomic E-state index is -1.54. The summed E-state index contributed by atoms with van der Waals surface area (Å²) in [5.41, 5.74) is 5.90. The third-order valence-electron chi connectivity index (χ3n) is 4.92. The van der Waals surface area contributed by atoms with Crippen LogP contribution in [0.1, 0.15) is 35.7 Å². The first-order valence-corrected chi connectivity index (χ1v) is 8.72. The Morgan fingerprint density at radius 3 is 2.73 bits per heavy atom. The molecule has 0 spiro atoms. The Morgan fingerprint density at radius 1 is 1.38 bits per heavy atom. The summed E-state index contributed by atoms with van der Waals surface area (Å²) in [6.07, 6.45) is 0.565. The lowest BCUT2D eigenvalue weighted by Crippen LogP contribution is -2.52. The summed E-state index contributed by atoms with van der Waals surface area (Å²) in [4.78, 5) is 37.1. The molecule has 0 saturated carbocycles. The number of carbonyl (C=O) groups excluding carboxylic acids is 3. The van der Waals surface area contributed by atoms with Crippen molar-refractivity contribution in [3.63, 3.8) is 0 Å². The summed E-state index contributed by atoms with van der Waals surface area (Å²) < 4.78 is 14.9. The molecule has 1 aromatic rings. The van der Waals surface area contributed by atoms with Crippen molar-refractivity contribution in [2.24, 2.45) is 5.73 Å². The van der Waals surface area contributed by atoms with Gasteiger partial charge in [0.1, 0.15) is 5.67 Å². The molecule has 8 heteroatoms. The Kier molecular flexibility index (Phi) is 4.95. The molecule has 0 unspecified atom stereocenters. The van der Waals surface area contributed by atoms with Crippen molar-refractivity contribution in [2.45, 2.75) is 37.9 Å². The number of nitrogens with zero attached hydrogens (tertiary/aromatic N) is 1. The lowest BCUT2D eigenvalue weighted by molar-refractivity contribution is -0.134. The highest BCUT2D eigenvalue weighted by molar-refractivity contribution is 6.01. The number of hydrogen-bond donors (Lipinski definition) is 3. The third kappa shape index (κ3) is 3.85. The third-order valence-corrected chi connectivity index (χ3v) is 4.92. The highest BCUT2D eigenvalue weighted by Crippen LogP contribution is 2.27. The zero-order chi connectivity index (χ0) is 18.9. The molecule has 4 N–H and O–H groups in total. The van der Waals surface area contributed by atoms with Gasteiger partial charge in [-0.2, -0.15) is 0 Å². The van der Waals surface area contributed by atoms with Crippen molar-refractivity contribution in [1.82, 2.24) is 10.2 Å². The molecule has 26 heavy (non-hydrogen) atoms. The Hall–Kier alpha value is -2.48. The molecular formula is C18H23FN4O3. The van der Waals surface area contributed by atoms with E-state index in [0.29, 0.717) is 24.3 Å². The first-order chi connectivity index (χ1) is 12.3. The van der Waals surface area contributed by atoms with Crippen LogP contribution in [0.5, 0.6) is 0 Å². The van der Waals surface area contributed by atoms with E-state index < -0.39 is 11.7 Å². The van der Waals surface area contributed by atoms with Gasteiger partial charge >= 0.3 is 0 Å². The quantitative estimate of drug-likeness (QED) is 0.729. The maximum Gasteiger partial charge on any atom is 0.251 e. The van der Waals surface area contributed by atoms with E-state index >= 15 is 0 Å². The molecular weight excluding hydrogens is 339 g/mol. The fraction of sp³-hybridized carbons (Fsp3) is 0.500.